The minimum Gasteiger partial charge on any atom is -0.423 e. The molecule has 3 nitrogen and oxygen atoms in total. The summed E-state index contributed by atoms with van der Waals surface area (Å²) in [6.07, 6.45) is 3.91. The number of nitrogens with one attached hydrogen (secondary N) is 1. The molecule has 2 heterocycles. The Hall–Kier alpha value is -1.61. The molecule has 1 saturated heterocycles. The predicted octanol–water partition coefficient (Wildman–Crippen LogP) is 2.37. The molecule has 2 atom stereocenters. The topological polar surface area (TPSA) is 34.6 Å². The molecular weight excluding hydrogens is 262 g/mol. The predicted molar refractivity (Wildman–Crippen MR) is 84.8 cm³/mol. The van der Waals surface area contributed by atoms with E-state index in [1.54, 1.807) is 11.0 Å². The monoisotopic (exact) mass is 286 g/mol. The van der Waals surface area contributed by atoms with Crippen molar-refractivity contribution >= 4 is 11.0 Å². The van der Waals surface area contributed by atoms with E-state index in [-0.39, 0.29) is 5.63 Å². The van der Waals surface area contributed by atoms with Gasteiger partial charge in [0.05, 0.1) is 12.6 Å². The van der Waals surface area contributed by atoms with Gasteiger partial charge in [0.15, 0.2) is 0 Å². The van der Waals surface area contributed by atoms with Crippen LogP contribution in [0, 0.1) is 13.8 Å². The maximum Gasteiger partial charge on any atom is 0.336 e. The Morgan fingerprint density at radius 3 is 2.71 bits per heavy atom. The van der Waals surface area contributed by atoms with Gasteiger partial charge < -0.3 is 9.32 Å². The Morgan fingerprint density at radius 1 is 1.19 bits per heavy atom. The van der Waals surface area contributed by atoms with Crippen LogP contribution in [0.5, 0.6) is 0 Å². The zero-order valence-corrected chi connectivity index (χ0v) is 13.2. The highest BCUT2D eigenvalue weighted by atomic mass is 16.4. The third-order valence-electron chi connectivity index (χ3n) is 4.94. The highest BCUT2D eigenvalue weighted by Crippen LogP contribution is 2.21. The van der Waals surface area contributed by atoms with Gasteiger partial charge >= 0.3 is 5.63 Å². The van der Waals surface area contributed by atoms with Crippen molar-refractivity contribution in [3.05, 3.63) is 45.3 Å². The smallest absolute Gasteiger partial charge is 0.336 e. The minimum absolute atomic E-state index is 0.232. The van der Waals surface area contributed by atoms with Gasteiger partial charge in [0.2, 0.25) is 0 Å². The summed E-state index contributed by atoms with van der Waals surface area (Å²) in [4.78, 5) is 13.4. The van der Waals surface area contributed by atoms with Crippen molar-refractivity contribution in [1.82, 2.24) is 0 Å². The van der Waals surface area contributed by atoms with Gasteiger partial charge in [-0.2, -0.15) is 0 Å². The Morgan fingerprint density at radius 2 is 1.95 bits per heavy atom. The van der Waals surface area contributed by atoms with Gasteiger partial charge in [-0.25, -0.2) is 4.79 Å². The molecule has 1 aliphatic heterocycles. The summed E-state index contributed by atoms with van der Waals surface area (Å²) >= 11 is 0. The van der Waals surface area contributed by atoms with Crippen LogP contribution in [0.3, 0.4) is 0 Å². The van der Waals surface area contributed by atoms with Crippen molar-refractivity contribution in [2.75, 3.05) is 6.54 Å². The van der Waals surface area contributed by atoms with Crippen LogP contribution in [0.25, 0.3) is 11.0 Å². The van der Waals surface area contributed by atoms with E-state index in [4.69, 9.17) is 4.42 Å². The number of piperidine rings is 1. The fourth-order valence-electron chi connectivity index (χ4n) is 3.39. The molecule has 1 aromatic heterocycles. The van der Waals surface area contributed by atoms with E-state index in [1.165, 1.54) is 36.9 Å². The quantitative estimate of drug-likeness (QED) is 0.860. The summed E-state index contributed by atoms with van der Waals surface area (Å²) in [7, 11) is 0. The zero-order chi connectivity index (χ0) is 15.0. The van der Waals surface area contributed by atoms with Gasteiger partial charge in [-0.05, 0) is 63.3 Å². The molecule has 0 radical (unpaired) electrons. The van der Waals surface area contributed by atoms with Crippen LogP contribution < -0.4 is 10.5 Å². The largest absolute Gasteiger partial charge is 0.423 e. The molecule has 2 aromatic rings. The average Bonchev–Trinajstić information content (AvgIpc) is 2.43. The van der Waals surface area contributed by atoms with E-state index in [9.17, 15) is 4.79 Å². The maximum absolute atomic E-state index is 11.8. The summed E-state index contributed by atoms with van der Waals surface area (Å²) < 4.78 is 5.39. The molecule has 112 valence electrons. The Bertz CT molecular complexity index is 717. The Kier molecular flexibility index (Phi) is 3.85. The van der Waals surface area contributed by atoms with Crippen LogP contribution in [0.2, 0.25) is 0 Å². The van der Waals surface area contributed by atoms with Crippen LogP contribution in [-0.4, -0.2) is 12.6 Å². The van der Waals surface area contributed by atoms with Gasteiger partial charge in [0.25, 0.3) is 0 Å². The number of benzene rings is 1. The molecule has 0 saturated carbocycles. The van der Waals surface area contributed by atoms with Gasteiger partial charge in [-0.3, -0.25) is 0 Å². The first kappa shape index (κ1) is 14.3. The second-order valence-electron chi connectivity index (χ2n) is 6.51. The Balaban J connectivity index is 2.04. The molecular formula is C18H24NO2+. The molecule has 1 aromatic carbocycles. The summed E-state index contributed by atoms with van der Waals surface area (Å²) in [6, 6.07) is 6.51. The molecule has 3 heteroatoms. The number of hydrogen-bond acceptors (Lipinski definition) is 2. The minimum atomic E-state index is -0.232. The van der Waals surface area contributed by atoms with E-state index in [0.29, 0.717) is 6.04 Å². The summed E-state index contributed by atoms with van der Waals surface area (Å²) in [6.45, 7) is 8.61. The molecule has 1 N–H and O–H groups in total. The molecule has 0 bridgehead atoms. The van der Waals surface area contributed by atoms with Gasteiger partial charge in [0, 0.05) is 17.0 Å². The standard InChI is InChI=1S/C18H23NO2/c1-12-8-16-15(11-19-7-5-4-6-14(19)3)10-18(20)21-17(16)9-13(12)2/h8-10,14H,4-7,11H2,1-3H3/p+1/t14-/m0/s1. The lowest BCUT2D eigenvalue weighted by Gasteiger charge is -2.30. The maximum atomic E-state index is 11.8. The van der Waals surface area contributed by atoms with Crippen LogP contribution in [0.4, 0.5) is 0 Å². The van der Waals surface area contributed by atoms with Crippen LogP contribution in [-0.2, 0) is 6.54 Å². The van der Waals surface area contributed by atoms with Gasteiger partial charge in [0.1, 0.15) is 12.1 Å². The second-order valence-corrected chi connectivity index (χ2v) is 6.51. The van der Waals surface area contributed by atoms with E-state index < -0.39 is 0 Å². The Labute approximate surface area is 125 Å². The number of aryl methyl sites for hydroxylation is 2. The van der Waals surface area contributed by atoms with E-state index in [2.05, 4.69) is 26.8 Å². The van der Waals surface area contributed by atoms with Gasteiger partial charge in [-0.1, -0.05) is 0 Å². The van der Waals surface area contributed by atoms with Crippen molar-refractivity contribution < 1.29 is 9.32 Å². The van der Waals surface area contributed by atoms with Crippen molar-refractivity contribution in [3.63, 3.8) is 0 Å². The number of rotatable bonds is 2. The molecule has 0 aliphatic carbocycles. The third kappa shape index (κ3) is 2.88. The van der Waals surface area contributed by atoms with Crippen LogP contribution >= 0.6 is 0 Å². The lowest BCUT2D eigenvalue weighted by Crippen LogP contribution is -3.14. The molecule has 21 heavy (non-hydrogen) atoms. The summed E-state index contributed by atoms with van der Waals surface area (Å²) in [5, 5.41) is 1.10. The number of quaternary nitrogens is 1. The van der Waals surface area contributed by atoms with Crippen LogP contribution in [0.15, 0.2) is 27.4 Å². The molecule has 0 spiro atoms. The van der Waals surface area contributed by atoms with Crippen molar-refractivity contribution in [3.8, 4) is 0 Å². The third-order valence-corrected chi connectivity index (χ3v) is 4.94. The first-order valence-electron chi connectivity index (χ1n) is 7.93. The van der Waals surface area contributed by atoms with Crippen molar-refractivity contribution in [2.24, 2.45) is 0 Å². The lowest BCUT2D eigenvalue weighted by atomic mass is 10.00. The fraction of sp³-hybridized carbons (Fsp3) is 0.500. The molecule has 1 aliphatic rings. The molecule has 1 fully saturated rings. The number of fused-ring (bicyclic) bond motifs is 1. The average molecular weight is 286 g/mol. The van der Waals surface area contributed by atoms with Crippen LogP contribution in [0.1, 0.15) is 42.9 Å². The zero-order valence-electron chi connectivity index (χ0n) is 13.2. The van der Waals surface area contributed by atoms with Crippen molar-refractivity contribution in [2.45, 2.75) is 52.6 Å². The summed E-state index contributed by atoms with van der Waals surface area (Å²) in [5.41, 5.74) is 4.04. The number of likely N-dealkylation sites (tertiary alicyclic amines) is 1. The fourth-order valence-corrected chi connectivity index (χ4v) is 3.39. The lowest BCUT2D eigenvalue weighted by molar-refractivity contribution is -0.941. The normalized spacial score (nSPS) is 22.6. The first-order valence-corrected chi connectivity index (χ1v) is 7.93. The summed E-state index contributed by atoms with van der Waals surface area (Å²) in [5.74, 6) is 0. The first-order chi connectivity index (χ1) is 10.0. The van der Waals surface area contributed by atoms with E-state index in [0.717, 1.165) is 23.1 Å². The van der Waals surface area contributed by atoms with E-state index >= 15 is 0 Å². The van der Waals surface area contributed by atoms with Gasteiger partial charge in [-0.15, -0.1) is 0 Å². The van der Waals surface area contributed by atoms with Crippen molar-refractivity contribution in [1.29, 1.82) is 0 Å². The highest BCUT2D eigenvalue weighted by Gasteiger charge is 2.23. The molecule has 1 unspecified atom stereocenters. The molecule has 0 amide bonds. The van der Waals surface area contributed by atoms with E-state index in [1.807, 2.05) is 6.07 Å². The highest BCUT2D eigenvalue weighted by molar-refractivity contribution is 5.81. The number of hydrogen-bond donors (Lipinski definition) is 1. The second kappa shape index (κ2) is 5.64. The SMILES string of the molecule is Cc1cc2oc(=O)cc(C[NH+]3CCCC[C@@H]3C)c2cc1C. The molecule has 3 rings (SSSR count).